The van der Waals surface area contributed by atoms with Crippen LogP contribution >= 0.6 is 27.5 Å². The van der Waals surface area contributed by atoms with E-state index in [9.17, 15) is 4.79 Å². The summed E-state index contributed by atoms with van der Waals surface area (Å²) in [5.41, 5.74) is 6.24. The minimum absolute atomic E-state index is 0.129. The van der Waals surface area contributed by atoms with E-state index in [-0.39, 0.29) is 11.9 Å². The third-order valence-electron chi connectivity index (χ3n) is 2.81. The molecule has 0 saturated carbocycles. The van der Waals surface area contributed by atoms with E-state index in [0.717, 1.165) is 12.8 Å². The van der Waals surface area contributed by atoms with Gasteiger partial charge in [0.2, 0.25) is 0 Å². The molecular weight excluding hydrogens is 344 g/mol. The van der Waals surface area contributed by atoms with Gasteiger partial charge in [-0.15, -0.1) is 0 Å². The van der Waals surface area contributed by atoms with E-state index in [0.29, 0.717) is 20.9 Å². The Balaban J connectivity index is 2.71. The van der Waals surface area contributed by atoms with Gasteiger partial charge in [0, 0.05) is 11.1 Å². The van der Waals surface area contributed by atoms with Crippen LogP contribution in [0, 0.1) is 0 Å². The van der Waals surface area contributed by atoms with E-state index in [2.05, 4.69) is 28.2 Å². The molecule has 1 amide bonds. The second-order valence-corrected chi connectivity index (χ2v) is 6.06. The highest BCUT2D eigenvalue weighted by molar-refractivity contribution is 9.10. The molecule has 0 spiro atoms. The molecule has 0 aliphatic rings. The van der Waals surface area contributed by atoms with Crippen LogP contribution in [-0.2, 0) is 4.79 Å². The predicted octanol–water partition coefficient (Wildman–Crippen LogP) is 3.76. The molecule has 6 heteroatoms. The van der Waals surface area contributed by atoms with Crippen molar-refractivity contribution in [2.45, 2.75) is 45.8 Å². The number of ether oxygens (including phenoxy) is 1. The quantitative estimate of drug-likeness (QED) is 0.756. The van der Waals surface area contributed by atoms with Gasteiger partial charge in [0.05, 0.1) is 10.2 Å². The molecule has 2 atom stereocenters. The minimum Gasteiger partial charge on any atom is -0.478 e. The van der Waals surface area contributed by atoms with Crippen LogP contribution in [0.25, 0.3) is 0 Å². The summed E-state index contributed by atoms with van der Waals surface area (Å²) >= 11 is 9.21. The summed E-state index contributed by atoms with van der Waals surface area (Å²) in [6.07, 6.45) is 1.33. The molecule has 0 aromatic heterocycles. The molecule has 0 fully saturated rings. The van der Waals surface area contributed by atoms with Crippen molar-refractivity contribution in [2.75, 3.05) is 5.73 Å². The van der Waals surface area contributed by atoms with E-state index in [4.69, 9.17) is 22.1 Å². The Labute approximate surface area is 133 Å². The molecule has 4 nitrogen and oxygen atoms in total. The normalized spacial score (nSPS) is 13.7. The summed E-state index contributed by atoms with van der Waals surface area (Å²) in [7, 11) is 0. The number of nitrogens with one attached hydrogen (secondary N) is 1. The minimum atomic E-state index is -0.630. The summed E-state index contributed by atoms with van der Waals surface area (Å²) in [4.78, 5) is 12.0. The highest BCUT2D eigenvalue weighted by atomic mass is 79.9. The average Bonchev–Trinajstić information content (AvgIpc) is 2.33. The number of rotatable bonds is 6. The van der Waals surface area contributed by atoms with Crippen molar-refractivity contribution in [3.63, 3.8) is 0 Å². The van der Waals surface area contributed by atoms with Crippen molar-refractivity contribution >= 4 is 39.1 Å². The number of nitrogen functional groups attached to an aromatic ring is 1. The lowest BCUT2D eigenvalue weighted by Crippen LogP contribution is -2.41. The summed E-state index contributed by atoms with van der Waals surface area (Å²) in [6, 6.07) is 3.40. The molecule has 1 aromatic rings. The molecule has 0 aliphatic heterocycles. The first-order chi connectivity index (χ1) is 9.35. The van der Waals surface area contributed by atoms with Crippen molar-refractivity contribution in [1.82, 2.24) is 5.32 Å². The molecular formula is C14H20BrClN2O2. The Hall–Kier alpha value is -0.940. The lowest BCUT2D eigenvalue weighted by molar-refractivity contribution is -0.127. The van der Waals surface area contributed by atoms with Gasteiger partial charge in [-0.3, -0.25) is 4.79 Å². The first-order valence-electron chi connectivity index (χ1n) is 6.56. The summed E-state index contributed by atoms with van der Waals surface area (Å²) in [5, 5.41) is 3.41. The predicted molar refractivity (Wildman–Crippen MR) is 86.2 cm³/mol. The fourth-order valence-electron chi connectivity index (χ4n) is 1.80. The second-order valence-electron chi connectivity index (χ2n) is 4.76. The van der Waals surface area contributed by atoms with Crippen LogP contribution in [0.5, 0.6) is 5.75 Å². The van der Waals surface area contributed by atoms with E-state index in [1.807, 2.05) is 6.92 Å². The number of benzene rings is 1. The highest BCUT2D eigenvalue weighted by Crippen LogP contribution is 2.35. The fraction of sp³-hybridized carbons (Fsp3) is 0.500. The molecule has 2 unspecified atom stereocenters. The fourth-order valence-corrected chi connectivity index (χ4v) is 2.73. The number of anilines is 1. The zero-order valence-corrected chi connectivity index (χ0v) is 14.2. The lowest BCUT2D eigenvalue weighted by atomic mass is 10.2. The topological polar surface area (TPSA) is 64.3 Å². The molecule has 20 heavy (non-hydrogen) atoms. The van der Waals surface area contributed by atoms with Gasteiger partial charge in [0.25, 0.3) is 5.91 Å². The second kappa shape index (κ2) is 7.74. The maximum absolute atomic E-state index is 12.0. The summed E-state index contributed by atoms with van der Waals surface area (Å²) in [5.74, 6) is 0.271. The summed E-state index contributed by atoms with van der Waals surface area (Å²) in [6.45, 7) is 5.74. The standard InChI is InChI=1S/C14H20BrClN2O2/c1-4-5-8(2)18-14(19)9(3)20-13-11(15)6-10(16)7-12(13)17/h6-9H,4-5,17H2,1-3H3,(H,18,19). The Morgan fingerprint density at radius 2 is 2.15 bits per heavy atom. The molecule has 1 aromatic carbocycles. The molecule has 0 radical (unpaired) electrons. The van der Waals surface area contributed by atoms with Crippen LogP contribution in [0.2, 0.25) is 5.02 Å². The number of hydrogen-bond acceptors (Lipinski definition) is 3. The molecule has 0 heterocycles. The number of nitrogens with two attached hydrogens (primary N) is 1. The number of amides is 1. The van der Waals surface area contributed by atoms with Crippen molar-refractivity contribution in [1.29, 1.82) is 0 Å². The third-order valence-corrected chi connectivity index (χ3v) is 3.62. The van der Waals surface area contributed by atoms with Crippen molar-refractivity contribution in [3.05, 3.63) is 21.6 Å². The van der Waals surface area contributed by atoms with Gasteiger partial charge in [-0.1, -0.05) is 24.9 Å². The van der Waals surface area contributed by atoms with E-state index >= 15 is 0 Å². The third kappa shape index (κ3) is 4.87. The van der Waals surface area contributed by atoms with Gasteiger partial charge in [-0.05, 0) is 48.3 Å². The Morgan fingerprint density at radius 1 is 1.50 bits per heavy atom. The smallest absolute Gasteiger partial charge is 0.260 e. The van der Waals surface area contributed by atoms with Crippen LogP contribution in [-0.4, -0.2) is 18.1 Å². The van der Waals surface area contributed by atoms with Gasteiger partial charge in [-0.2, -0.15) is 0 Å². The zero-order chi connectivity index (χ0) is 15.3. The van der Waals surface area contributed by atoms with Gasteiger partial charge in [0.1, 0.15) is 0 Å². The average molecular weight is 364 g/mol. The molecule has 1 rings (SSSR count). The van der Waals surface area contributed by atoms with Crippen molar-refractivity contribution < 1.29 is 9.53 Å². The number of carbonyl (C=O) groups excluding carboxylic acids is 1. The molecule has 0 aliphatic carbocycles. The van der Waals surface area contributed by atoms with E-state index in [1.165, 1.54) is 0 Å². The van der Waals surface area contributed by atoms with E-state index < -0.39 is 6.10 Å². The van der Waals surface area contributed by atoms with Crippen LogP contribution in [0.15, 0.2) is 16.6 Å². The van der Waals surface area contributed by atoms with Crippen LogP contribution in [0.1, 0.15) is 33.6 Å². The zero-order valence-electron chi connectivity index (χ0n) is 11.9. The molecule has 112 valence electrons. The van der Waals surface area contributed by atoms with Gasteiger partial charge in [-0.25, -0.2) is 0 Å². The molecule has 3 N–H and O–H groups in total. The largest absolute Gasteiger partial charge is 0.478 e. The molecule has 0 bridgehead atoms. The van der Waals surface area contributed by atoms with Crippen molar-refractivity contribution in [2.24, 2.45) is 0 Å². The Kier molecular flexibility index (Phi) is 6.62. The van der Waals surface area contributed by atoms with Gasteiger partial charge in [0.15, 0.2) is 11.9 Å². The van der Waals surface area contributed by atoms with Crippen LogP contribution in [0.4, 0.5) is 5.69 Å². The SMILES string of the molecule is CCCC(C)NC(=O)C(C)Oc1c(N)cc(Cl)cc1Br. The monoisotopic (exact) mass is 362 g/mol. The lowest BCUT2D eigenvalue weighted by Gasteiger charge is -2.20. The first-order valence-corrected chi connectivity index (χ1v) is 7.73. The first kappa shape index (κ1) is 17.1. The maximum atomic E-state index is 12.0. The number of carbonyl (C=O) groups is 1. The number of hydrogen-bond donors (Lipinski definition) is 2. The number of halogens is 2. The Bertz CT molecular complexity index is 459. The van der Waals surface area contributed by atoms with Crippen LogP contribution < -0.4 is 15.8 Å². The molecule has 0 saturated heterocycles. The van der Waals surface area contributed by atoms with Crippen LogP contribution in [0.3, 0.4) is 0 Å². The summed E-state index contributed by atoms with van der Waals surface area (Å²) < 4.78 is 6.26. The van der Waals surface area contributed by atoms with Gasteiger partial charge >= 0.3 is 0 Å². The van der Waals surface area contributed by atoms with Gasteiger partial charge < -0.3 is 15.8 Å². The highest BCUT2D eigenvalue weighted by Gasteiger charge is 2.19. The Morgan fingerprint density at radius 3 is 2.70 bits per heavy atom. The maximum Gasteiger partial charge on any atom is 0.260 e. The van der Waals surface area contributed by atoms with E-state index in [1.54, 1.807) is 19.1 Å². The van der Waals surface area contributed by atoms with Crippen molar-refractivity contribution in [3.8, 4) is 5.75 Å².